The van der Waals surface area contributed by atoms with E-state index >= 15 is 0 Å². The monoisotopic (exact) mass is 487 g/mol. The minimum absolute atomic E-state index is 0.247. The van der Waals surface area contributed by atoms with Crippen molar-refractivity contribution >= 4 is 46.5 Å². The van der Waals surface area contributed by atoms with Gasteiger partial charge in [-0.3, -0.25) is 0 Å². The molecule has 5 nitrogen and oxygen atoms in total. The van der Waals surface area contributed by atoms with Gasteiger partial charge in [0, 0.05) is 46.0 Å². The highest BCUT2D eigenvalue weighted by Crippen LogP contribution is 2.41. The maximum Gasteiger partial charge on any atom is 0.355 e. The van der Waals surface area contributed by atoms with Gasteiger partial charge >= 0.3 is 5.97 Å². The van der Waals surface area contributed by atoms with Crippen molar-refractivity contribution in [2.75, 3.05) is 12.8 Å². The van der Waals surface area contributed by atoms with Crippen LogP contribution in [0.5, 0.6) is 0 Å². The molecular formula is C25H24Cl2FN3O2. The van der Waals surface area contributed by atoms with Gasteiger partial charge in [-0.15, -0.1) is 0 Å². The van der Waals surface area contributed by atoms with E-state index in [9.17, 15) is 9.18 Å². The summed E-state index contributed by atoms with van der Waals surface area (Å²) in [5.41, 5.74) is 11.4. The van der Waals surface area contributed by atoms with Crippen LogP contribution in [0.1, 0.15) is 46.7 Å². The van der Waals surface area contributed by atoms with E-state index < -0.39 is 5.97 Å². The zero-order chi connectivity index (χ0) is 24.3. The number of H-pyrrole nitrogens is 2. The van der Waals surface area contributed by atoms with E-state index in [4.69, 9.17) is 33.7 Å². The lowest BCUT2D eigenvalue weighted by Gasteiger charge is -2.13. The van der Waals surface area contributed by atoms with Gasteiger partial charge in [-0.25, -0.2) is 9.18 Å². The molecule has 0 unspecified atom stereocenters. The number of benzene rings is 1. The molecule has 1 aliphatic rings. The summed E-state index contributed by atoms with van der Waals surface area (Å²) in [7, 11) is 1.30. The van der Waals surface area contributed by atoms with Crippen LogP contribution in [-0.2, 0) is 11.2 Å². The number of anilines is 1. The largest absolute Gasteiger partial charge is 0.464 e. The molecule has 2 heterocycles. The van der Waals surface area contributed by atoms with E-state index in [0.29, 0.717) is 44.4 Å². The first-order valence-corrected chi connectivity index (χ1v) is 11.1. The second kappa shape index (κ2) is 10.1. The number of esters is 1. The summed E-state index contributed by atoms with van der Waals surface area (Å²) in [4.78, 5) is 18.6. The van der Waals surface area contributed by atoms with Gasteiger partial charge in [0.1, 0.15) is 11.5 Å². The maximum absolute atomic E-state index is 13.8. The first kappa shape index (κ1) is 24.4. The number of carbonyl (C=O) groups is 1. The fourth-order valence-electron chi connectivity index (χ4n) is 3.66. The molecule has 0 saturated heterocycles. The van der Waals surface area contributed by atoms with Gasteiger partial charge in [0.05, 0.1) is 17.2 Å². The van der Waals surface area contributed by atoms with Crippen LogP contribution < -0.4 is 5.73 Å². The predicted octanol–water partition coefficient (Wildman–Crippen LogP) is 7.20. The van der Waals surface area contributed by atoms with E-state index in [1.165, 1.54) is 19.3 Å². The van der Waals surface area contributed by atoms with Gasteiger partial charge in [-0.05, 0) is 47.9 Å². The third-order valence-electron chi connectivity index (χ3n) is 5.21. The Morgan fingerprint density at radius 3 is 2.52 bits per heavy atom. The van der Waals surface area contributed by atoms with Crippen LogP contribution >= 0.6 is 23.2 Å². The molecule has 8 heteroatoms. The van der Waals surface area contributed by atoms with Crippen LogP contribution in [0.2, 0.25) is 10.0 Å². The van der Waals surface area contributed by atoms with Crippen LogP contribution in [0.3, 0.4) is 0 Å². The molecule has 1 aromatic carbocycles. The Labute approximate surface area is 201 Å². The summed E-state index contributed by atoms with van der Waals surface area (Å²) >= 11 is 12.3. The van der Waals surface area contributed by atoms with E-state index in [-0.39, 0.29) is 11.5 Å². The number of nitrogens with one attached hydrogen (secondary N) is 2. The fraction of sp³-hybridized carbons (Fsp3) is 0.160. The molecule has 4 N–H and O–H groups in total. The van der Waals surface area contributed by atoms with E-state index in [0.717, 1.165) is 16.8 Å². The van der Waals surface area contributed by atoms with E-state index in [1.54, 1.807) is 30.6 Å². The van der Waals surface area contributed by atoms with Crippen LogP contribution in [0.4, 0.5) is 10.1 Å². The van der Waals surface area contributed by atoms with Crippen molar-refractivity contribution in [2.24, 2.45) is 0 Å². The number of ether oxygens (including phenoxy) is 1. The number of carbonyl (C=O) groups excluding carboxylic acids is 1. The second-order valence-electron chi connectivity index (χ2n) is 7.00. The highest BCUT2D eigenvalue weighted by Gasteiger charge is 2.26. The average Bonchev–Trinajstić information content (AvgIpc) is 3.37. The second-order valence-corrected chi connectivity index (χ2v) is 7.81. The number of fused-ring (bicyclic) bond motifs is 1. The van der Waals surface area contributed by atoms with Gasteiger partial charge in [0.25, 0.3) is 0 Å². The molecule has 1 aliphatic carbocycles. The van der Waals surface area contributed by atoms with Crippen molar-refractivity contribution in [3.63, 3.8) is 0 Å². The Bertz CT molecular complexity index is 1290. The molecule has 2 aromatic heterocycles. The van der Waals surface area contributed by atoms with Crippen LogP contribution in [0.15, 0.2) is 49.1 Å². The van der Waals surface area contributed by atoms with Gasteiger partial charge in [-0.1, -0.05) is 43.6 Å². The summed E-state index contributed by atoms with van der Waals surface area (Å²) in [5, 5.41) is 0.662. The molecule has 3 aromatic rings. The van der Waals surface area contributed by atoms with Gasteiger partial charge in [-0.2, -0.15) is 0 Å². The van der Waals surface area contributed by atoms with E-state index in [2.05, 4.69) is 16.5 Å². The minimum atomic E-state index is -0.544. The topological polar surface area (TPSA) is 83.9 Å². The first-order chi connectivity index (χ1) is 15.8. The molecule has 0 atom stereocenters. The summed E-state index contributed by atoms with van der Waals surface area (Å²) < 4.78 is 18.8. The standard InChI is InChI=1S/C23H18Cl2FN3O2.C2H6/c1-11(14-7-17(24)18(25)8-19(14)27)15-9-29-22(23(30)31-2)21(15)16-10-28-20-6-4-12(26)3-5-13(16)20;1-2/h3-4,6-10,28-29H,1,5,27H2,2H3;1-2H3. The number of aromatic nitrogens is 2. The third-order valence-corrected chi connectivity index (χ3v) is 5.94. The molecule has 172 valence electrons. The zero-order valence-corrected chi connectivity index (χ0v) is 20.0. The first-order valence-electron chi connectivity index (χ1n) is 10.3. The zero-order valence-electron chi connectivity index (χ0n) is 18.5. The quantitative estimate of drug-likeness (QED) is 0.268. The highest BCUT2D eigenvalue weighted by atomic mass is 35.5. The minimum Gasteiger partial charge on any atom is -0.464 e. The molecule has 0 amide bonds. The molecule has 0 fully saturated rings. The number of methoxy groups -OCH3 is 1. The van der Waals surface area contributed by atoms with E-state index in [1.807, 2.05) is 13.8 Å². The molecule has 0 bridgehead atoms. The molecule has 0 radical (unpaired) electrons. The SMILES string of the molecule is C=C(c1cc(Cl)c(Cl)cc1N)c1c[nH]c(C(=O)OC)c1-c1c[nH]c2c1CC=C(F)C=C2.CC. The normalized spacial score (nSPS) is 12.2. The van der Waals surface area contributed by atoms with Crippen molar-refractivity contribution in [3.8, 4) is 11.1 Å². The van der Waals surface area contributed by atoms with Crippen LogP contribution in [0, 0.1) is 0 Å². The lowest BCUT2D eigenvalue weighted by atomic mass is 9.91. The predicted molar refractivity (Wildman–Crippen MR) is 134 cm³/mol. The van der Waals surface area contributed by atoms with Gasteiger partial charge < -0.3 is 20.4 Å². The van der Waals surface area contributed by atoms with Gasteiger partial charge in [0.2, 0.25) is 0 Å². The number of hydrogen-bond acceptors (Lipinski definition) is 3. The molecule has 0 spiro atoms. The molecule has 4 rings (SSSR count). The molecule has 0 saturated carbocycles. The smallest absolute Gasteiger partial charge is 0.355 e. The maximum atomic E-state index is 13.8. The number of aromatic amines is 2. The Balaban J connectivity index is 0.00000149. The third kappa shape index (κ3) is 4.63. The Morgan fingerprint density at radius 1 is 1.12 bits per heavy atom. The Hall–Kier alpha value is -3.22. The number of hydrogen-bond donors (Lipinski definition) is 3. The van der Waals surface area contributed by atoms with Crippen molar-refractivity contribution < 1.29 is 13.9 Å². The summed E-state index contributed by atoms with van der Waals surface area (Å²) in [6, 6.07) is 3.19. The lowest BCUT2D eigenvalue weighted by molar-refractivity contribution is 0.0595. The van der Waals surface area contributed by atoms with Crippen LogP contribution in [0.25, 0.3) is 22.8 Å². The number of halogens is 3. The van der Waals surface area contributed by atoms with Crippen molar-refractivity contribution in [3.05, 3.63) is 87.2 Å². The summed E-state index contributed by atoms with van der Waals surface area (Å²) in [6.07, 6.45) is 8.31. The average molecular weight is 488 g/mol. The molecular weight excluding hydrogens is 464 g/mol. The number of nitrogen functional groups attached to an aromatic ring is 1. The van der Waals surface area contributed by atoms with Crippen molar-refractivity contribution in [2.45, 2.75) is 20.3 Å². The lowest BCUT2D eigenvalue weighted by Crippen LogP contribution is -2.04. The van der Waals surface area contributed by atoms with Gasteiger partial charge in [0.15, 0.2) is 0 Å². The highest BCUT2D eigenvalue weighted by molar-refractivity contribution is 6.42. The fourth-order valence-corrected chi connectivity index (χ4v) is 4.00. The Morgan fingerprint density at radius 2 is 1.82 bits per heavy atom. The van der Waals surface area contributed by atoms with Crippen LogP contribution in [-0.4, -0.2) is 23.0 Å². The molecule has 33 heavy (non-hydrogen) atoms. The molecule has 0 aliphatic heterocycles. The summed E-state index contributed by atoms with van der Waals surface area (Å²) in [6.45, 7) is 8.19. The summed E-state index contributed by atoms with van der Waals surface area (Å²) in [5.74, 6) is -0.872. The Kier molecular flexibility index (Phi) is 7.51. The van der Waals surface area contributed by atoms with Crippen molar-refractivity contribution in [1.29, 1.82) is 0 Å². The van der Waals surface area contributed by atoms with Crippen molar-refractivity contribution in [1.82, 2.24) is 9.97 Å². The number of rotatable bonds is 4. The number of allylic oxidation sites excluding steroid dienone is 3. The number of nitrogens with two attached hydrogens (primary N) is 1.